The number of hydrogen-bond acceptors (Lipinski definition) is 4. The SMILES string of the molecule is Nc1n[nH]c2c1CCN(C(=O)COc1ccc(Cl)cc1)C2. The summed E-state index contributed by atoms with van der Waals surface area (Å²) in [6.07, 6.45) is 0.713. The number of halogens is 1. The van der Waals surface area contributed by atoms with Gasteiger partial charge in [0.05, 0.1) is 12.2 Å². The minimum atomic E-state index is -0.0660. The van der Waals surface area contributed by atoms with Crippen LogP contribution in [0.4, 0.5) is 5.82 Å². The van der Waals surface area contributed by atoms with E-state index in [4.69, 9.17) is 22.1 Å². The van der Waals surface area contributed by atoms with Gasteiger partial charge in [-0.1, -0.05) is 11.6 Å². The number of aromatic nitrogens is 2. The first-order valence-corrected chi connectivity index (χ1v) is 6.99. The van der Waals surface area contributed by atoms with Crippen LogP contribution in [0.25, 0.3) is 0 Å². The van der Waals surface area contributed by atoms with Gasteiger partial charge in [-0.05, 0) is 30.7 Å². The van der Waals surface area contributed by atoms with Crippen LogP contribution in [-0.2, 0) is 17.8 Å². The van der Waals surface area contributed by atoms with E-state index in [-0.39, 0.29) is 12.5 Å². The van der Waals surface area contributed by atoms with Crippen LogP contribution in [0.15, 0.2) is 24.3 Å². The monoisotopic (exact) mass is 306 g/mol. The quantitative estimate of drug-likeness (QED) is 0.902. The fourth-order valence-corrected chi connectivity index (χ4v) is 2.45. The van der Waals surface area contributed by atoms with Gasteiger partial charge in [0.15, 0.2) is 6.61 Å². The third-order valence-electron chi connectivity index (χ3n) is 3.49. The average Bonchev–Trinajstić information content (AvgIpc) is 2.87. The largest absolute Gasteiger partial charge is 0.484 e. The van der Waals surface area contributed by atoms with E-state index in [2.05, 4.69) is 10.2 Å². The lowest BCUT2D eigenvalue weighted by molar-refractivity contribution is -0.134. The number of nitrogens with two attached hydrogens (primary N) is 1. The van der Waals surface area contributed by atoms with Crippen LogP contribution in [0.5, 0.6) is 5.75 Å². The van der Waals surface area contributed by atoms with Crippen LogP contribution in [0, 0.1) is 0 Å². The Morgan fingerprint density at radius 3 is 2.95 bits per heavy atom. The van der Waals surface area contributed by atoms with Crippen molar-refractivity contribution in [1.82, 2.24) is 15.1 Å². The smallest absolute Gasteiger partial charge is 0.260 e. The summed E-state index contributed by atoms with van der Waals surface area (Å²) in [6, 6.07) is 6.92. The van der Waals surface area contributed by atoms with E-state index in [1.807, 2.05) is 0 Å². The van der Waals surface area contributed by atoms with Crippen molar-refractivity contribution in [1.29, 1.82) is 0 Å². The highest BCUT2D eigenvalue weighted by Crippen LogP contribution is 2.21. The third-order valence-corrected chi connectivity index (χ3v) is 3.75. The molecular weight excluding hydrogens is 292 g/mol. The van der Waals surface area contributed by atoms with Crippen molar-refractivity contribution < 1.29 is 9.53 Å². The maximum Gasteiger partial charge on any atom is 0.260 e. The van der Waals surface area contributed by atoms with Crippen LogP contribution in [0.1, 0.15) is 11.3 Å². The summed E-state index contributed by atoms with van der Waals surface area (Å²) in [4.78, 5) is 13.9. The molecule has 1 aromatic heterocycles. The lowest BCUT2D eigenvalue weighted by Crippen LogP contribution is -2.38. The second-order valence-corrected chi connectivity index (χ2v) is 5.31. The molecule has 7 heteroatoms. The molecule has 2 aromatic rings. The van der Waals surface area contributed by atoms with Gasteiger partial charge in [-0.3, -0.25) is 9.89 Å². The first-order valence-electron chi connectivity index (χ1n) is 6.61. The number of nitrogen functional groups attached to an aromatic ring is 1. The van der Waals surface area contributed by atoms with Gasteiger partial charge in [0, 0.05) is 17.1 Å². The molecule has 21 heavy (non-hydrogen) atoms. The van der Waals surface area contributed by atoms with Crippen molar-refractivity contribution in [3.63, 3.8) is 0 Å². The maximum atomic E-state index is 12.2. The molecule has 3 rings (SSSR count). The average molecular weight is 307 g/mol. The van der Waals surface area contributed by atoms with Gasteiger partial charge in [-0.2, -0.15) is 5.10 Å². The zero-order valence-electron chi connectivity index (χ0n) is 11.3. The summed E-state index contributed by atoms with van der Waals surface area (Å²) < 4.78 is 5.47. The van der Waals surface area contributed by atoms with Gasteiger partial charge < -0.3 is 15.4 Å². The Balaban J connectivity index is 1.58. The van der Waals surface area contributed by atoms with Gasteiger partial charge in [0.1, 0.15) is 11.6 Å². The molecule has 0 spiro atoms. The van der Waals surface area contributed by atoms with Crippen LogP contribution >= 0.6 is 11.6 Å². The first-order chi connectivity index (χ1) is 10.1. The van der Waals surface area contributed by atoms with Gasteiger partial charge in [-0.15, -0.1) is 0 Å². The van der Waals surface area contributed by atoms with Crippen molar-refractivity contribution in [2.24, 2.45) is 0 Å². The Bertz CT molecular complexity index is 653. The lowest BCUT2D eigenvalue weighted by atomic mass is 10.1. The highest BCUT2D eigenvalue weighted by molar-refractivity contribution is 6.30. The predicted molar refractivity (Wildman–Crippen MR) is 79.1 cm³/mol. The highest BCUT2D eigenvalue weighted by atomic mass is 35.5. The molecule has 6 nitrogen and oxygen atoms in total. The predicted octanol–water partition coefficient (Wildman–Crippen LogP) is 1.61. The molecule has 0 fully saturated rings. The Morgan fingerprint density at radius 1 is 1.43 bits per heavy atom. The minimum Gasteiger partial charge on any atom is -0.484 e. The number of carbonyl (C=O) groups is 1. The Morgan fingerprint density at radius 2 is 2.19 bits per heavy atom. The number of amides is 1. The van der Waals surface area contributed by atoms with Crippen LogP contribution < -0.4 is 10.5 Å². The van der Waals surface area contributed by atoms with Crippen molar-refractivity contribution in [2.75, 3.05) is 18.9 Å². The number of fused-ring (bicyclic) bond motifs is 1. The highest BCUT2D eigenvalue weighted by Gasteiger charge is 2.24. The number of benzene rings is 1. The van der Waals surface area contributed by atoms with Crippen molar-refractivity contribution >= 4 is 23.3 Å². The number of hydrogen-bond donors (Lipinski definition) is 2. The summed E-state index contributed by atoms with van der Waals surface area (Å²) in [5, 5.41) is 7.46. The molecule has 0 aliphatic carbocycles. The summed E-state index contributed by atoms with van der Waals surface area (Å²) in [5.41, 5.74) is 7.66. The fraction of sp³-hybridized carbons (Fsp3) is 0.286. The summed E-state index contributed by atoms with van der Waals surface area (Å²) >= 11 is 5.80. The molecule has 1 aliphatic rings. The summed E-state index contributed by atoms with van der Waals surface area (Å²) in [6.45, 7) is 1.11. The number of nitrogens with zero attached hydrogens (tertiary/aromatic N) is 2. The second-order valence-electron chi connectivity index (χ2n) is 4.87. The summed E-state index contributed by atoms with van der Waals surface area (Å²) in [5.74, 6) is 1.08. The van der Waals surface area contributed by atoms with Gasteiger partial charge in [-0.25, -0.2) is 0 Å². The number of H-pyrrole nitrogens is 1. The zero-order valence-corrected chi connectivity index (χ0v) is 12.1. The lowest BCUT2D eigenvalue weighted by Gasteiger charge is -2.26. The van der Waals surface area contributed by atoms with Crippen LogP contribution in [0.2, 0.25) is 5.02 Å². The van der Waals surface area contributed by atoms with E-state index in [0.29, 0.717) is 36.1 Å². The topological polar surface area (TPSA) is 84.2 Å². The van der Waals surface area contributed by atoms with Crippen LogP contribution in [0.3, 0.4) is 0 Å². The second kappa shape index (κ2) is 5.65. The molecule has 0 bridgehead atoms. The molecule has 0 unspecified atom stereocenters. The first kappa shape index (κ1) is 13.8. The molecular formula is C14H15ClN4O2. The molecule has 110 valence electrons. The Labute approximate surface area is 126 Å². The molecule has 1 aromatic carbocycles. The molecule has 1 aliphatic heterocycles. The van der Waals surface area contributed by atoms with E-state index in [9.17, 15) is 4.79 Å². The molecule has 0 radical (unpaired) electrons. The standard InChI is InChI=1S/C14H15ClN4O2/c15-9-1-3-10(4-2-9)21-8-13(20)19-6-5-11-12(7-19)17-18-14(11)16/h1-4H,5-8H2,(H3,16,17,18). The molecule has 2 heterocycles. The van der Waals surface area contributed by atoms with E-state index in [1.54, 1.807) is 29.2 Å². The maximum absolute atomic E-state index is 12.2. The normalized spacial score (nSPS) is 13.9. The van der Waals surface area contributed by atoms with E-state index >= 15 is 0 Å². The molecule has 1 amide bonds. The Kier molecular flexibility index (Phi) is 3.70. The van der Waals surface area contributed by atoms with Gasteiger partial charge >= 0.3 is 0 Å². The summed E-state index contributed by atoms with van der Waals surface area (Å²) in [7, 11) is 0. The zero-order chi connectivity index (χ0) is 14.8. The molecule has 3 N–H and O–H groups in total. The van der Waals surface area contributed by atoms with E-state index in [0.717, 1.165) is 11.3 Å². The minimum absolute atomic E-state index is 0.000580. The van der Waals surface area contributed by atoms with Crippen molar-refractivity contribution in [3.05, 3.63) is 40.5 Å². The number of aromatic amines is 1. The molecule has 0 saturated carbocycles. The molecule has 0 saturated heterocycles. The van der Waals surface area contributed by atoms with E-state index < -0.39 is 0 Å². The van der Waals surface area contributed by atoms with Crippen LogP contribution in [-0.4, -0.2) is 34.2 Å². The number of carbonyl (C=O) groups excluding carboxylic acids is 1. The number of ether oxygens (including phenoxy) is 1. The molecule has 0 atom stereocenters. The third kappa shape index (κ3) is 2.95. The number of rotatable bonds is 3. The van der Waals surface area contributed by atoms with Gasteiger partial charge in [0.25, 0.3) is 5.91 Å². The van der Waals surface area contributed by atoms with Gasteiger partial charge in [0.2, 0.25) is 0 Å². The fourth-order valence-electron chi connectivity index (χ4n) is 2.32. The van der Waals surface area contributed by atoms with Crippen molar-refractivity contribution in [3.8, 4) is 5.75 Å². The Hall–Kier alpha value is -2.21. The number of nitrogens with one attached hydrogen (secondary N) is 1. The van der Waals surface area contributed by atoms with Crippen molar-refractivity contribution in [2.45, 2.75) is 13.0 Å². The number of anilines is 1. The van der Waals surface area contributed by atoms with E-state index in [1.165, 1.54) is 0 Å².